The van der Waals surface area contributed by atoms with Crippen molar-refractivity contribution < 1.29 is 9.53 Å². The second-order valence-electron chi connectivity index (χ2n) is 6.26. The number of amides is 1. The number of thiocarbonyl (C=S) groups is 1. The van der Waals surface area contributed by atoms with Crippen LogP contribution in [0.1, 0.15) is 30.0 Å². The van der Waals surface area contributed by atoms with Gasteiger partial charge >= 0.3 is 0 Å². The molecule has 0 spiro atoms. The molecule has 1 saturated heterocycles. The molecule has 1 aliphatic rings. The zero-order chi connectivity index (χ0) is 18.5. The smallest absolute Gasteiger partial charge is 0.276 e. The molecule has 1 aliphatic heterocycles. The second kappa shape index (κ2) is 8.15. The standard InChI is InChI=1S/C21H22N2O2S/c1-3-11-23-20(24)18(22-21(23)26)13-17-9-4-5-10-19(17)25-14-16-8-6-7-15(2)12-16/h4-10,12-13H,3,11,14H2,1-2H3,(H,22,26)/b18-13-. The third-order valence-electron chi connectivity index (χ3n) is 4.11. The Morgan fingerprint density at radius 3 is 2.77 bits per heavy atom. The first kappa shape index (κ1) is 18.1. The normalized spacial score (nSPS) is 15.5. The van der Waals surface area contributed by atoms with E-state index in [1.165, 1.54) is 5.56 Å². The number of nitrogens with zero attached hydrogens (tertiary/aromatic N) is 1. The summed E-state index contributed by atoms with van der Waals surface area (Å²) in [6, 6.07) is 15.9. The SMILES string of the molecule is CCCN1C(=O)/C(=C/c2ccccc2OCc2cccc(C)c2)NC1=S. The van der Waals surface area contributed by atoms with Crippen molar-refractivity contribution in [3.05, 3.63) is 70.9 Å². The van der Waals surface area contributed by atoms with Gasteiger partial charge in [0.2, 0.25) is 0 Å². The summed E-state index contributed by atoms with van der Waals surface area (Å²) in [6.45, 7) is 5.17. The predicted molar refractivity (Wildman–Crippen MR) is 108 cm³/mol. The Morgan fingerprint density at radius 2 is 2.00 bits per heavy atom. The zero-order valence-corrected chi connectivity index (χ0v) is 15.8. The van der Waals surface area contributed by atoms with E-state index in [9.17, 15) is 4.79 Å². The van der Waals surface area contributed by atoms with Crippen molar-refractivity contribution in [3.8, 4) is 5.75 Å². The van der Waals surface area contributed by atoms with Gasteiger partial charge in [-0.3, -0.25) is 9.69 Å². The molecule has 0 atom stereocenters. The summed E-state index contributed by atoms with van der Waals surface area (Å²) in [7, 11) is 0. The first-order valence-electron chi connectivity index (χ1n) is 8.70. The lowest BCUT2D eigenvalue weighted by molar-refractivity contribution is -0.122. The van der Waals surface area contributed by atoms with Crippen molar-refractivity contribution in [2.24, 2.45) is 0 Å². The Morgan fingerprint density at radius 1 is 1.19 bits per heavy atom. The molecule has 0 aliphatic carbocycles. The minimum atomic E-state index is -0.0923. The van der Waals surface area contributed by atoms with Crippen LogP contribution in [0.5, 0.6) is 5.75 Å². The Hall–Kier alpha value is -2.66. The minimum absolute atomic E-state index is 0.0923. The molecule has 134 valence electrons. The molecule has 1 amide bonds. The van der Waals surface area contributed by atoms with Crippen molar-refractivity contribution in [2.45, 2.75) is 26.9 Å². The fraction of sp³-hybridized carbons (Fsp3) is 0.238. The molecular weight excluding hydrogens is 344 g/mol. The molecule has 26 heavy (non-hydrogen) atoms. The van der Waals surface area contributed by atoms with Gasteiger partial charge in [-0.1, -0.05) is 55.0 Å². The molecule has 2 aromatic rings. The first-order chi connectivity index (χ1) is 12.6. The number of ether oxygens (including phenoxy) is 1. The van der Waals surface area contributed by atoms with Crippen molar-refractivity contribution in [3.63, 3.8) is 0 Å². The van der Waals surface area contributed by atoms with Crippen molar-refractivity contribution in [2.75, 3.05) is 6.54 Å². The maximum atomic E-state index is 12.5. The lowest BCUT2D eigenvalue weighted by Crippen LogP contribution is -2.31. The molecule has 0 radical (unpaired) electrons. The number of hydrogen-bond acceptors (Lipinski definition) is 3. The number of nitrogens with one attached hydrogen (secondary N) is 1. The summed E-state index contributed by atoms with van der Waals surface area (Å²) >= 11 is 5.26. The van der Waals surface area contributed by atoms with Crippen LogP contribution >= 0.6 is 12.2 Å². The fourth-order valence-electron chi connectivity index (χ4n) is 2.85. The van der Waals surface area contributed by atoms with Crippen LogP contribution in [-0.4, -0.2) is 22.5 Å². The van der Waals surface area contributed by atoms with Crippen molar-refractivity contribution in [1.82, 2.24) is 10.2 Å². The largest absolute Gasteiger partial charge is 0.488 e. The van der Waals surface area contributed by atoms with Gasteiger partial charge in [0.1, 0.15) is 18.1 Å². The fourth-order valence-corrected chi connectivity index (χ4v) is 3.13. The number of hydrogen-bond donors (Lipinski definition) is 1. The Labute approximate surface area is 159 Å². The highest BCUT2D eigenvalue weighted by Gasteiger charge is 2.29. The lowest BCUT2D eigenvalue weighted by Gasteiger charge is -2.11. The number of carbonyl (C=O) groups excluding carboxylic acids is 1. The Bertz CT molecular complexity index is 861. The van der Waals surface area contributed by atoms with E-state index in [4.69, 9.17) is 17.0 Å². The van der Waals surface area contributed by atoms with Crippen LogP contribution in [0.4, 0.5) is 0 Å². The number of rotatable bonds is 6. The number of para-hydroxylation sites is 1. The molecule has 5 heteroatoms. The quantitative estimate of drug-likeness (QED) is 0.619. The van der Waals surface area contributed by atoms with E-state index >= 15 is 0 Å². The maximum Gasteiger partial charge on any atom is 0.276 e. The summed E-state index contributed by atoms with van der Waals surface area (Å²) < 4.78 is 5.99. The predicted octanol–water partition coefficient (Wildman–Crippen LogP) is 4.04. The van der Waals surface area contributed by atoms with E-state index < -0.39 is 0 Å². The molecule has 0 aromatic heterocycles. The molecule has 0 saturated carbocycles. The third-order valence-corrected chi connectivity index (χ3v) is 4.43. The van der Waals surface area contributed by atoms with Gasteiger partial charge in [-0.2, -0.15) is 0 Å². The molecule has 2 aromatic carbocycles. The number of aryl methyl sites for hydroxylation is 1. The summed E-state index contributed by atoms with van der Waals surface area (Å²) in [5, 5.41) is 3.47. The number of carbonyl (C=O) groups is 1. The van der Waals surface area contributed by atoms with Gasteiger partial charge in [0.05, 0.1) is 0 Å². The molecule has 1 fully saturated rings. The molecule has 4 nitrogen and oxygen atoms in total. The van der Waals surface area contributed by atoms with Gasteiger partial charge < -0.3 is 10.1 Å². The lowest BCUT2D eigenvalue weighted by atomic mass is 10.1. The minimum Gasteiger partial charge on any atom is -0.488 e. The summed E-state index contributed by atoms with van der Waals surface area (Å²) in [5.41, 5.74) is 3.64. The van der Waals surface area contributed by atoms with E-state index in [0.29, 0.717) is 24.0 Å². The molecule has 0 unspecified atom stereocenters. The topological polar surface area (TPSA) is 41.6 Å². The molecule has 1 N–H and O–H groups in total. The van der Waals surface area contributed by atoms with E-state index in [1.807, 2.05) is 43.3 Å². The molecule has 1 heterocycles. The van der Waals surface area contributed by atoms with E-state index in [1.54, 1.807) is 11.0 Å². The molecular formula is C21H22N2O2S. The van der Waals surface area contributed by atoms with Gasteiger partial charge in [0.15, 0.2) is 5.11 Å². The van der Waals surface area contributed by atoms with Crippen LogP contribution < -0.4 is 10.1 Å². The summed E-state index contributed by atoms with van der Waals surface area (Å²) in [5.74, 6) is 0.640. The third kappa shape index (κ3) is 4.11. The second-order valence-corrected chi connectivity index (χ2v) is 6.65. The van der Waals surface area contributed by atoms with Crippen LogP contribution in [0.15, 0.2) is 54.2 Å². The Balaban J connectivity index is 1.79. The highest BCUT2D eigenvalue weighted by Crippen LogP contribution is 2.24. The zero-order valence-electron chi connectivity index (χ0n) is 15.0. The highest BCUT2D eigenvalue weighted by molar-refractivity contribution is 7.80. The van der Waals surface area contributed by atoms with Crippen LogP contribution in [0, 0.1) is 6.92 Å². The van der Waals surface area contributed by atoms with E-state index in [-0.39, 0.29) is 5.91 Å². The van der Waals surface area contributed by atoms with E-state index in [0.717, 1.165) is 23.3 Å². The summed E-state index contributed by atoms with van der Waals surface area (Å²) in [4.78, 5) is 14.1. The van der Waals surface area contributed by atoms with Gasteiger partial charge in [0, 0.05) is 12.1 Å². The Kier molecular flexibility index (Phi) is 5.68. The van der Waals surface area contributed by atoms with Gasteiger partial charge in [-0.15, -0.1) is 0 Å². The summed E-state index contributed by atoms with van der Waals surface area (Å²) in [6.07, 6.45) is 2.66. The van der Waals surface area contributed by atoms with E-state index in [2.05, 4.69) is 24.4 Å². The van der Waals surface area contributed by atoms with Crippen LogP contribution in [0.3, 0.4) is 0 Å². The average Bonchev–Trinajstić information content (AvgIpc) is 2.89. The highest BCUT2D eigenvalue weighted by atomic mass is 32.1. The molecule has 3 rings (SSSR count). The van der Waals surface area contributed by atoms with Crippen LogP contribution in [-0.2, 0) is 11.4 Å². The maximum absolute atomic E-state index is 12.5. The van der Waals surface area contributed by atoms with Gasteiger partial charge in [0.25, 0.3) is 5.91 Å². The van der Waals surface area contributed by atoms with Crippen LogP contribution in [0.2, 0.25) is 0 Å². The van der Waals surface area contributed by atoms with Crippen LogP contribution in [0.25, 0.3) is 6.08 Å². The van der Waals surface area contributed by atoms with Gasteiger partial charge in [-0.25, -0.2) is 0 Å². The van der Waals surface area contributed by atoms with Gasteiger partial charge in [-0.05, 0) is 43.3 Å². The van der Waals surface area contributed by atoms with Crippen molar-refractivity contribution >= 4 is 29.3 Å². The number of benzene rings is 2. The monoisotopic (exact) mass is 366 g/mol. The van der Waals surface area contributed by atoms with Crippen molar-refractivity contribution in [1.29, 1.82) is 0 Å². The average molecular weight is 366 g/mol. The molecule has 0 bridgehead atoms. The first-order valence-corrected chi connectivity index (χ1v) is 9.11.